The molecule has 2 saturated heterocycles. The van der Waals surface area contributed by atoms with Gasteiger partial charge in [0.1, 0.15) is 119 Å². The molecule has 19 heteroatoms. The maximum absolute atomic E-state index is 13.3. The number of phenols is 8. The maximum Gasteiger partial charge on any atom is 0.135 e. The highest BCUT2D eigenvalue weighted by molar-refractivity contribution is 5.76. The van der Waals surface area contributed by atoms with E-state index in [1.807, 2.05) is 0 Å². The van der Waals surface area contributed by atoms with Crippen molar-refractivity contribution in [3.05, 3.63) is 158 Å². The monoisotopic (exact) mass is 1000 g/mol. The Labute approximate surface area is 414 Å². The molecule has 2 aliphatic carbocycles. The summed E-state index contributed by atoms with van der Waals surface area (Å²) in [7, 11) is 0. The molecule has 6 aromatic carbocycles. The molecule has 73 heavy (non-hydrogen) atoms. The second-order valence-electron chi connectivity index (χ2n) is 19.6. The first-order valence-corrected chi connectivity index (χ1v) is 23.6. The zero-order valence-electron chi connectivity index (χ0n) is 38.3. The van der Waals surface area contributed by atoms with Gasteiger partial charge in [0.15, 0.2) is 0 Å². The standard InChI is InChI=1S/C54H52O19/c55-17-30-43(63)47(67)49(69)53(71-30)37-29(62)16-28-35-32(19-1-7-23(57)8-2-19)40-39(38(35)33(36(28)45(37)65)20-3-9-24(58)10-4-20)41-34(22-13-26(60)15-27(61)14-22)51(21-5-11-25(59)12-6-21)73-52(41)42(46(40)66)54-50(70)48(68)44(64)31(18-56)72-54/h1-16,30-35,38,43-44,47-51,53-70H,17-18H2. The van der Waals surface area contributed by atoms with Gasteiger partial charge in [-0.25, -0.2) is 0 Å². The molecular weight excluding hydrogens is 953 g/mol. The lowest BCUT2D eigenvalue weighted by molar-refractivity contribution is -0.232. The van der Waals surface area contributed by atoms with Crippen LogP contribution in [0.4, 0.5) is 0 Å². The average molecular weight is 1000 g/mol. The predicted molar refractivity (Wildman–Crippen MR) is 252 cm³/mol. The molecule has 3 aliphatic heterocycles. The summed E-state index contributed by atoms with van der Waals surface area (Å²) in [6, 6.07) is 23.3. The van der Waals surface area contributed by atoms with Crippen LogP contribution < -0.4 is 4.74 Å². The van der Waals surface area contributed by atoms with Crippen LogP contribution in [-0.4, -0.2) is 144 Å². The molecule has 16 N–H and O–H groups in total. The minimum absolute atomic E-state index is 0.0995. The Morgan fingerprint density at radius 2 is 0.808 bits per heavy atom. The zero-order valence-corrected chi connectivity index (χ0v) is 38.3. The normalized spacial score (nSPS) is 32.1. The van der Waals surface area contributed by atoms with E-state index in [4.69, 9.17) is 14.2 Å². The fraction of sp³-hybridized carbons (Fsp3) is 0.333. The van der Waals surface area contributed by atoms with Crippen LogP contribution in [0.2, 0.25) is 0 Å². The Morgan fingerprint density at radius 3 is 1.30 bits per heavy atom. The van der Waals surface area contributed by atoms with Crippen LogP contribution in [0.3, 0.4) is 0 Å². The van der Waals surface area contributed by atoms with E-state index in [0.717, 1.165) is 6.07 Å². The molecule has 16 unspecified atom stereocenters. The molecule has 2 fully saturated rings. The van der Waals surface area contributed by atoms with Crippen LogP contribution in [0.5, 0.6) is 51.7 Å². The average Bonchev–Trinajstić information content (AvgIpc) is 4.03. The van der Waals surface area contributed by atoms with Gasteiger partial charge in [-0.15, -0.1) is 0 Å². The molecule has 0 radical (unpaired) electrons. The third-order valence-corrected chi connectivity index (χ3v) is 15.6. The van der Waals surface area contributed by atoms with Gasteiger partial charge in [0.05, 0.1) is 30.3 Å². The minimum atomic E-state index is -1.97. The van der Waals surface area contributed by atoms with Gasteiger partial charge in [-0.1, -0.05) is 36.4 Å². The molecule has 11 rings (SSSR count). The summed E-state index contributed by atoms with van der Waals surface area (Å²) in [5, 5.41) is 180. The van der Waals surface area contributed by atoms with Crippen molar-refractivity contribution < 1.29 is 95.9 Å². The third kappa shape index (κ3) is 7.41. The van der Waals surface area contributed by atoms with Gasteiger partial charge < -0.3 is 95.9 Å². The highest BCUT2D eigenvalue weighted by Gasteiger charge is 2.60. The number of ether oxygens (including phenoxy) is 3. The van der Waals surface area contributed by atoms with Gasteiger partial charge in [-0.05, 0) is 88.0 Å². The van der Waals surface area contributed by atoms with Crippen LogP contribution in [0, 0.1) is 0 Å². The van der Waals surface area contributed by atoms with Gasteiger partial charge >= 0.3 is 0 Å². The number of hydrogen-bond acceptors (Lipinski definition) is 19. The second-order valence-corrected chi connectivity index (χ2v) is 19.6. The van der Waals surface area contributed by atoms with Crippen LogP contribution >= 0.6 is 0 Å². The van der Waals surface area contributed by atoms with E-state index in [1.165, 1.54) is 54.6 Å². The smallest absolute Gasteiger partial charge is 0.135 e. The summed E-state index contributed by atoms with van der Waals surface area (Å²) in [4.78, 5) is 0. The molecule has 382 valence electrons. The van der Waals surface area contributed by atoms with E-state index in [0.29, 0.717) is 22.3 Å². The number of aromatic hydroxyl groups is 8. The molecule has 0 saturated carbocycles. The summed E-state index contributed by atoms with van der Waals surface area (Å²) in [6.45, 7) is -1.65. The molecule has 0 amide bonds. The summed E-state index contributed by atoms with van der Waals surface area (Å²) in [5.74, 6) is -8.04. The Morgan fingerprint density at radius 1 is 0.356 bits per heavy atom. The molecule has 5 aliphatic rings. The first-order valence-electron chi connectivity index (χ1n) is 23.6. The molecule has 16 atom stereocenters. The van der Waals surface area contributed by atoms with Gasteiger partial charge in [-0.2, -0.15) is 0 Å². The van der Waals surface area contributed by atoms with Crippen LogP contribution in [0.15, 0.2) is 97.1 Å². The summed E-state index contributed by atoms with van der Waals surface area (Å²) in [6.07, 6.45) is -18.9. The predicted octanol–water partition coefficient (Wildman–Crippen LogP) is 2.79. The zero-order chi connectivity index (χ0) is 51.6. The topological polar surface area (TPSA) is 351 Å². The molecule has 3 heterocycles. The third-order valence-electron chi connectivity index (χ3n) is 15.6. The van der Waals surface area contributed by atoms with Crippen molar-refractivity contribution in [1.82, 2.24) is 0 Å². The fourth-order valence-corrected chi connectivity index (χ4v) is 12.4. The van der Waals surface area contributed by atoms with Crippen molar-refractivity contribution in [3.8, 4) is 51.7 Å². The number of aliphatic hydroxyl groups is 8. The van der Waals surface area contributed by atoms with Gasteiger partial charge in [0.2, 0.25) is 0 Å². The van der Waals surface area contributed by atoms with Crippen LogP contribution in [0.25, 0.3) is 0 Å². The Balaban J connectivity index is 1.26. The molecule has 0 aromatic heterocycles. The molecule has 0 bridgehead atoms. The van der Waals surface area contributed by atoms with Crippen molar-refractivity contribution in [2.45, 2.75) is 96.7 Å². The number of phenolic OH excluding ortho intramolecular Hbond substituents is 8. The number of fused-ring (bicyclic) bond motifs is 7. The molecule has 0 spiro atoms. The maximum atomic E-state index is 13.3. The first kappa shape index (κ1) is 48.4. The quantitative estimate of drug-likeness (QED) is 0.104. The lowest BCUT2D eigenvalue weighted by atomic mass is 9.74. The number of benzene rings is 6. The number of rotatable bonds is 8. The Hall–Kier alpha value is -6.88. The molecule has 6 aromatic rings. The van der Waals surface area contributed by atoms with Crippen LogP contribution in [-0.2, 0) is 9.47 Å². The van der Waals surface area contributed by atoms with Crippen molar-refractivity contribution in [3.63, 3.8) is 0 Å². The fourth-order valence-electron chi connectivity index (χ4n) is 12.4. The largest absolute Gasteiger partial charge is 0.508 e. The van der Waals surface area contributed by atoms with Crippen LogP contribution in [0.1, 0.15) is 109 Å². The minimum Gasteiger partial charge on any atom is -0.508 e. The number of hydrogen-bond donors (Lipinski definition) is 16. The SMILES string of the molecule is OCC1OC(c2c(O)cc3c(c2O)C(c2ccc(O)cc2)C2c4c5c(c(C6OC(CO)C(O)C(O)C6O)c(O)c4C(c4ccc(O)cc4)C32)OC(c2ccc(O)cc2)C5c2cc(O)cc(O)c2)C(O)C(O)C1O. The first-order chi connectivity index (χ1) is 34.9. The van der Waals surface area contributed by atoms with Gasteiger partial charge in [-0.3, -0.25) is 0 Å². The van der Waals surface area contributed by atoms with Crippen molar-refractivity contribution in [2.75, 3.05) is 13.2 Å². The van der Waals surface area contributed by atoms with E-state index in [-0.39, 0.29) is 67.9 Å². The Kier molecular flexibility index (Phi) is 11.9. The molecular formula is C54H52O19. The van der Waals surface area contributed by atoms with E-state index >= 15 is 0 Å². The summed E-state index contributed by atoms with van der Waals surface area (Å²) in [5.41, 5.74) is 2.20. The summed E-state index contributed by atoms with van der Waals surface area (Å²) < 4.78 is 19.1. The van der Waals surface area contributed by atoms with E-state index in [1.54, 1.807) is 36.4 Å². The van der Waals surface area contributed by atoms with Crippen molar-refractivity contribution in [2.24, 2.45) is 0 Å². The number of aliphatic hydroxyl groups excluding tert-OH is 8. The lowest BCUT2D eigenvalue weighted by Crippen LogP contribution is -2.55. The van der Waals surface area contributed by atoms with Gasteiger partial charge in [0, 0.05) is 46.4 Å². The van der Waals surface area contributed by atoms with Crippen molar-refractivity contribution in [1.29, 1.82) is 0 Å². The molecule has 19 nitrogen and oxygen atoms in total. The highest BCUT2D eigenvalue weighted by atomic mass is 16.6. The lowest BCUT2D eigenvalue weighted by Gasteiger charge is -2.41. The van der Waals surface area contributed by atoms with E-state index in [2.05, 4.69) is 0 Å². The van der Waals surface area contributed by atoms with E-state index < -0.39 is 133 Å². The summed E-state index contributed by atoms with van der Waals surface area (Å²) >= 11 is 0. The Bertz CT molecular complexity index is 3070. The highest BCUT2D eigenvalue weighted by Crippen LogP contribution is 2.74. The van der Waals surface area contributed by atoms with Crippen molar-refractivity contribution >= 4 is 0 Å². The van der Waals surface area contributed by atoms with E-state index in [9.17, 15) is 81.7 Å². The second kappa shape index (κ2) is 18.0. The van der Waals surface area contributed by atoms with Gasteiger partial charge in [0.25, 0.3) is 0 Å².